The summed E-state index contributed by atoms with van der Waals surface area (Å²) in [7, 11) is -2.04. The first-order chi connectivity index (χ1) is 15.8. The van der Waals surface area contributed by atoms with Gasteiger partial charge in [-0.1, -0.05) is 30.2 Å². The molecule has 0 spiro atoms. The molecule has 33 heavy (non-hydrogen) atoms. The van der Waals surface area contributed by atoms with E-state index < -0.39 is 15.9 Å². The van der Waals surface area contributed by atoms with Crippen LogP contribution in [0.3, 0.4) is 0 Å². The minimum atomic E-state index is -3.90. The van der Waals surface area contributed by atoms with Crippen LogP contribution in [-0.2, 0) is 14.8 Å². The summed E-state index contributed by atoms with van der Waals surface area (Å²) < 4.78 is 31.6. The highest BCUT2D eigenvalue weighted by atomic mass is 35.5. The predicted molar refractivity (Wildman–Crippen MR) is 130 cm³/mol. The quantitative estimate of drug-likeness (QED) is 0.545. The lowest BCUT2D eigenvalue weighted by atomic mass is 10.2. The maximum Gasteiger partial charge on any atom is 0.284 e. The van der Waals surface area contributed by atoms with Crippen LogP contribution in [0.2, 0.25) is 5.15 Å². The minimum absolute atomic E-state index is 0.0271. The van der Waals surface area contributed by atoms with Crippen molar-refractivity contribution >= 4 is 50.8 Å². The number of aromatic nitrogens is 2. The Hall–Kier alpha value is -3.17. The standard InChI is InChI=1S/C23H24ClN5O3S/c1-28-14-5-2-3-11-21(28)27-33(31,32)18-9-7-8-17(16-18)25-22(30)13-12-19-23(24)26-20-10-4-6-15-29(19)20/h4,6-10,12-13,15-16H,2-3,5,11,14H2,1H3,(H,25,30). The van der Waals surface area contributed by atoms with Gasteiger partial charge in [0.2, 0.25) is 5.91 Å². The fraction of sp³-hybridized carbons (Fsp3) is 0.261. The zero-order chi connectivity index (χ0) is 23.4. The van der Waals surface area contributed by atoms with Gasteiger partial charge in [0.25, 0.3) is 10.0 Å². The Labute approximate surface area is 197 Å². The molecular formula is C23H24ClN5O3S. The van der Waals surface area contributed by atoms with E-state index in [1.54, 1.807) is 28.8 Å². The van der Waals surface area contributed by atoms with Crippen LogP contribution in [0.15, 0.2) is 64.0 Å². The van der Waals surface area contributed by atoms with Crippen LogP contribution in [0.4, 0.5) is 5.69 Å². The molecule has 0 bridgehead atoms. The van der Waals surface area contributed by atoms with Crippen LogP contribution >= 0.6 is 11.6 Å². The van der Waals surface area contributed by atoms with Crippen LogP contribution in [0.25, 0.3) is 11.7 Å². The van der Waals surface area contributed by atoms with Crippen molar-refractivity contribution in [2.45, 2.75) is 30.6 Å². The average molecular weight is 486 g/mol. The third kappa shape index (κ3) is 5.43. The smallest absolute Gasteiger partial charge is 0.284 e. The topological polar surface area (TPSA) is 96.1 Å². The zero-order valence-corrected chi connectivity index (χ0v) is 19.7. The van der Waals surface area contributed by atoms with Crippen LogP contribution in [0, 0.1) is 0 Å². The Bertz CT molecular complexity index is 1350. The molecule has 8 nitrogen and oxygen atoms in total. The van der Waals surface area contributed by atoms with Crippen LogP contribution < -0.4 is 5.32 Å². The Morgan fingerprint density at radius 1 is 1.18 bits per heavy atom. The van der Waals surface area contributed by atoms with Crippen LogP contribution in [-0.4, -0.2) is 48.0 Å². The molecule has 172 valence electrons. The van der Waals surface area contributed by atoms with Gasteiger partial charge in [-0.25, -0.2) is 4.98 Å². The number of nitrogens with one attached hydrogen (secondary N) is 1. The summed E-state index contributed by atoms with van der Waals surface area (Å²) in [6.07, 6.45) is 8.30. The number of pyridine rings is 1. The van der Waals surface area contributed by atoms with Gasteiger partial charge in [0.05, 0.1) is 10.6 Å². The van der Waals surface area contributed by atoms with E-state index in [4.69, 9.17) is 11.6 Å². The molecule has 0 atom stereocenters. The van der Waals surface area contributed by atoms with Crippen molar-refractivity contribution in [2.24, 2.45) is 4.40 Å². The molecule has 3 aromatic rings. The first-order valence-corrected chi connectivity index (χ1v) is 12.4. The molecule has 1 saturated heterocycles. The number of sulfonamides is 1. The molecule has 0 aliphatic carbocycles. The van der Waals surface area contributed by atoms with Crippen molar-refractivity contribution in [1.82, 2.24) is 14.3 Å². The van der Waals surface area contributed by atoms with Crippen molar-refractivity contribution in [1.29, 1.82) is 0 Å². The van der Waals surface area contributed by atoms with E-state index in [0.717, 1.165) is 25.8 Å². The van der Waals surface area contributed by atoms with Gasteiger partial charge in [0.1, 0.15) is 11.5 Å². The summed E-state index contributed by atoms with van der Waals surface area (Å²) >= 11 is 6.19. The number of amides is 1. The number of fused-ring (bicyclic) bond motifs is 1. The van der Waals surface area contributed by atoms with Gasteiger partial charge in [0, 0.05) is 38.0 Å². The lowest BCUT2D eigenvalue weighted by molar-refractivity contribution is -0.111. The van der Waals surface area contributed by atoms with Gasteiger partial charge >= 0.3 is 0 Å². The zero-order valence-electron chi connectivity index (χ0n) is 18.1. The fourth-order valence-corrected chi connectivity index (χ4v) is 5.02. The molecule has 3 heterocycles. The number of nitrogens with zero attached hydrogens (tertiary/aromatic N) is 4. The molecule has 0 saturated carbocycles. The summed E-state index contributed by atoms with van der Waals surface area (Å²) in [6.45, 7) is 0.785. The van der Waals surface area contributed by atoms with Gasteiger partial charge < -0.3 is 10.2 Å². The first-order valence-electron chi connectivity index (χ1n) is 10.6. The summed E-state index contributed by atoms with van der Waals surface area (Å²) in [5.41, 5.74) is 1.59. The minimum Gasteiger partial charge on any atom is -0.362 e. The molecule has 0 unspecified atom stereocenters. The molecular weight excluding hydrogens is 462 g/mol. The number of amidine groups is 1. The van der Waals surface area contributed by atoms with Gasteiger partial charge in [0.15, 0.2) is 5.15 Å². The number of carbonyl (C=O) groups excluding carboxylic acids is 1. The highest BCUT2D eigenvalue weighted by molar-refractivity contribution is 7.90. The van der Waals surface area contributed by atoms with Crippen molar-refractivity contribution < 1.29 is 13.2 Å². The largest absolute Gasteiger partial charge is 0.362 e. The third-order valence-electron chi connectivity index (χ3n) is 5.37. The van der Waals surface area contributed by atoms with Gasteiger partial charge in [-0.2, -0.15) is 8.42 Å². The van der Waals surface area contributed by atoms with Crippen molar-refractivity contribution in [3.8, 4) is 0 Å². The highest BCUT2D eigenvalue weighted by Crippen LogP contribution is 2.21. The summed E-state index contributed by atoms with van der Waals surface area (Å²) in [5, 5.41) is 2.96. The number of anilines is 1. The van der Waals surface area contributed by atoms with E-state index in [-0.39, 0.29) is 10.0 Å². The summed E-state index contributed by atoms with van der Waals surface area (Å²) in [5.74, 6) is 0.135. The van der Waals surface area contributed by atoms with E-state index >= 15 is 0 Å². The third-order valence-corrected chi connectivity index (χ3v) is 6.95. The highest BCUT2D eigenvalue weighted by Gasteiger charge is 2.19. The molecule has 1 amide bonds. The average Bonchev–Trinajstić information content (AvgIpc) is 2.97. The Morgan fingerprint density at radius 3 is 2.88 bits per heavy atom. The van der Waals surface area contributed by atoms with E-state index in [1.165, 1.54) is 18.2 Å². The summed E-state index contributed by atoms with van der Waals surface area (Å²) in [6, 6.07) is 11.6. The monoisotopic (exact) mass is 485 g/mol. The molecule has 1 aliphatic heterocycles. The number of benzene rings is 1. The van der Waals surface area contributed by atoms with E-state index in [9.17, 15) is 13.2 Å². The van der Waals surface area contributed by atoms with E-state index in [1.807, 2.05) is 30.1 Å². The fourth-order valence-electron chi connectivity index (χ4n) is 3.64. The molecule has 0 radical (unpaired) electrons. The van der Waals surface area contributed by atoms with Gasteiger partial charge in [-0.3, -0.25) is 9.20 Å². The molecule has 4 rings (SSSR count). The lowest BCUT2D eigenvalue weighted by Crippen LogP contribution is -2.26. The van der Waals surface area contributed by atoms with E-state index in [2.05, 4.69) is 14.7 Å². The molecule has 1 fully saturated rings. The van der Waals surface area contributed by atoms with Crippen LogP contribution in [0.1, 0.15) is 31.4 Å². The Morgan fingerprint density at radius 2 is 2.03 bits per heavy atom. The maximum absolute atomic E-state index is 12.9. The maximum atomic E-state index is 12.9. The number of halogens is 1. The molecule has 1 N–H and O–H groups in total. The Kier molecular flexibility index (Phi) is 6.80. The van der Waals surface area contributed by atoms with Crippen molar-refractivity contribution in [3.63, 3.8) is 0 Å². The number of likely N-dealkylation sites (tertiary alicyclic amines) is 1. The number of imidazole rings is 1. The second kappa shape index (κ2) is 9.76. The second-order valence-electron chi connectivity index (χ2n) is 7.78. The molecule has 10 heteroatoms. The SMILES string of the molecule is CN1CCCCCC1=NS(=O)(=O)c1cccc(NC(=O)C=Cc2c(Cl)nc3ccccn23)c1. The normalized spacial score (nSPS) is 16.4. The lowest BCUT2D eigenvalue weighted by Gasteiger charge is -2.17. The molecule has 1 aromatic carbocycles. The molecule has 2 aromatic heterocycles. The number of carbonyl (C=O) groups is 1. The number of hydrogen-bond donors (Lipinski definition) is 1. The Balaban J connectivity index is 1.51. The van der Waals surface area contributed by atoms with Gasteiger partial charge in [-0.15, -0.1) is 4.40 Å². The van der Waals surface area contributed by atoms with E-state index in [0.29, 0.717) is 29.3 Å². The summed E-state index contributed by atoms with van der Waals surface area (Å²) in [4.78, 5) is 18.6. The second-order valence-corrected chi connectivity index (χ2v) is 9.74. The van der Waals surface area contributed by atoms with Crippen molar-refractivity contribution in [3.05, 3.63) is 65.6 Å². The first kappa shape index (κ1) is 23.0. The van der Waals surface area contributed by atoms with Gasteiger partial charge in [-0.05, 0) is 49.2 Å². The number of rotatable bonds is 5. The molecule has 1 aliphatic rings. The number of hydrogen-bond acceptors (Lipinski definition) is 4. The van der Waals surface area contributed by atoms with Crippen LogP contribution in [0.5, 0.6) is 0 Å². The van der Waals surface area contributed by atoms with Crippen molar-refractivity contribution in [2.75, 3.05) is 18.9 Å². The predicted octanol–water partition coefficient (Wildman–Crippen LogP) is 4.23.